The maximum Gasteiger partial charge on any atom is 0.197 e. The molecular weight excluding hydrogens is 1390 g/mol. The Labute approximate surface area is 667 Å². The second-order valence-corrected chi connectivity index (χ2v) is 34.4. The molecule has 8 aromatic rings. The zero-order valence-electron chi connectivity index (χ0n) is 71.7. The van der Waals surface area contributed by atoms with Crippen LogP contribution in [0.4, 0.5) is 0 Å². The van der Waals surface area contributed by atoms with E-state index in [1.165, 1.54) is 262 Å². The first-order valence-electron chi connectivity index (χ1n) is 42.4. The summed E-state index contributed by atoms with van der Waals surface area (Å²) < 4.78 is 17.6. The van der Waals surface area contributed by atoms with E-state index < -0.39 is 0 Å². The molecule has 0 unspecified atom stereocenters. The lowest BCUT2D eigenvalue weighted by Gasteiger charge is -2.29. The van der Waals surface area contributed by atoms with Gasteiger partial charge in [0, 0.05) is 142 Å². The van der Waals surface area contributed by atoms with Gasteiger partial charge in [-0.25, -0.2) is 9.97 Å². The number of piperidine rings is 8. The monoisotopic (exact) mass is 1540 g/mol. The Kier molecular flexibility index (Phi) is 35.9. The van der Waals surface area contributed by atoms with E-state index >= 15 is 0 Å². The Morgan fingerprint density at radius 2 is 0.845 bits per heavy atom. The van der Waals surface area contributed by atoms with Gasteiger partial charge in [0.2, 0.25) is 0 Å². The summed E-state index contributed by atoms with van der Waals surface area (Å²) in [7, 11) is 25.7. The molecule has 8 aliphatic rings. The van der Waals surface area contributed by atoms with Gasteiger partial charge in [0.05, 0.1) is 41.2 Å². The maximum absolute atomic E-state index is 5.28. The summed E-state index contributed by atoms with van der Waals surface area (Å²) in [6.07, 6.45) is 39.9. The van der Waals surface area contributed by atoms with Crippen LogP contribution in [0.25, 0.3) is 0 Å². The number of thiazole rings is 1. The Balaban J connectivity index is 0.000000145. The van der Waals surface area contributed by atoms with Crippen molar-refractivity contribution in [1.29, 1.82) is 0 Å². The number of aryl methyl sites for hydroxylation is 10. The molecule has 110 heavy (non-hydrogen) atoms. The fraction of sp³-hybridized carbons (Fsp3) is 0.721. The summed E-state index contributed by atoms with van der Waals surface area (Å²) in [5.41, 5.74) is 13.9. The number of rotatable bonds is 12. The van der Waals surface area contributed by atoms with E-state index in [9.17, 15) is 0 Å². The minimum Gasteiger partial charge on any atom is -0.449 e. The van der Waals surface area contributed by atoms with E-state index in [1.807, 2.05) is 65.3 Å². The van der Waals surface area contributed by atoms with E-state index in [0.717, 1.165) is 68.1 Å². The summed E-state index contributed by atoms with van der Waals surface area (Å²) in [5.74, 6) is 6.49. The Morgan fingerprint density at radius 1 is 0.400 bits per heavy atom. The normalized spacial score (nSPS) is 20.3. The SMILES string of the molecule is CCCn1nccc1C1CCN(C)CC1.CCc1cnn(C)c1C1CCN(C)CC1.CCn1ncc(C)c1C1CCN(C)CC1.CN1CCC(c2ccn(C)n2)CC1.CN1CCC(c2ncco2)CC1.CN1CCC(c2nccs2)CC1.Cc1cn(C)nc1C1CCN(C)CC1.Cc1cnn(C)c1C1CCN(C)CC1. The van der Waals surface area contributed by atoms with Crippen LogP contribution in [0.15, 0.2) is 77.8 Å². The van der Waals surface area contributed by atoms with Crippen LogP contribution in [0.1, 0.15) is 245 Å². The first-order valence-corrected chi connectivity index (χ1v) is 43.3. The summed E-state index contributed by atoms with van der Waals surface area (Å²) in [4.78, 5) is 27.7. The number of likely N-dealkylation sites (tertiary alicyclic amines) is 8. The molecule has 24 heteroatoms. The van der Waals surface area contributed by atoms with E-state index in [1.54, 1.807) is 23.8 Å². The van der Waals surface area contributed by atoms with Crippen LogP contribution in [0, 0.1) is 20.8 Å². The molecule has 8 aromatic heterocycles. The molecule has 8 saturated heterocycles. The van der Waals surface area contributed by atoms with Crippen molar-refractivity contribution < 1.29 is 4.42 Å². The van der Waals surface area contributed by atoms with Crippen LogP contribution in [0.2, 0.25) is 0 Å². The number of aromatic nitrogens is 14. The van der Waals surface area contributed by atoms with Crippen LogP contribution in [0.3, 0.4) is 0 Å². The van der Waals surface area contributed by atoms with Crippen molar-refractivity contribution in [2.45, 2.75) is 218 Å². The maximum atomic E-state index is 5.28. The predicted octanol–water partition coefficient (Wildman–Crippen LogP) is 13.7. The second-order valence-electron chi connectivity index (χ2n) is 33.5. The van der Waals surface area contributed by atoms with E-state index in [4.69, 9.17) is 4.42 Å². The van der Waals surface area contributed by atoms with Crippen molar-refractivity contribution in [1.82, 2.24) is 108 Å². The average molecular weight is 1540 g/mol. The van der Waals surface area contributed by atoms with Gasteiger partial charge >= 0.3 is 0 Å². The molecule has 16 heterocycles. The lowest BCUT2D eigenvalue weighted by atomic mass is 9.91. The minimum absolute atomic E-state index is 0.552. The number of hydrogen-bond donors (Lipinski definition) is 0. The van der Waals surface area contributed by atoms with Gasteiger partial charge in [-0.05, 0) is 339 Å². The summed E-state index contributed by atoms with van der Waals surface area (Å²) in [6.45, 7) is 34.6. The Morgan fingerprint density at radius 3 is 1.27 bits per heavy atom. The van der Waals surface area contributed by atoms with Crippen molar-refractivity contribution in [2.75, 3.05) is 161 Å². The van der Waals surface area contributed by atoms with Crippen molar-refractivity contribution in [3.05, 3.63) is 141 Å². The molecule has 612 valence electrons. The van der Waals surface area contributed by atoms with Crippen LogP contribution >= 0.6 is 11.3 Å². The van der Waals surface area contributed by atoms with E-state index in [0.29, 0.717) is 17.8 Å². The molecule has 0 aliphatic carbocycles. The van der Waals surface area contributed by atoms with Gasteiger partial charge in [-0.1, -0.05) is 13.8 Å². The highest BCUT2D eigenvalue weighted by Gasteiger charge is 2.29. The minimum atomic E-state index is 0.552. The van der Waals surface area contributed by atoms with Gasteiger partial charge in [0.15, 0.2) is 5.89 Å². The van der Waals surface area contributed by atoms with E-state index in [2.05, 4.69) is 230 Å². The number of hydrogen-bond acceptors (Lipinski definition) is 18. The molecule has 0 saturated carbocycles. The van der Waals surface area contributed by atoms with Gasteiger partial charge in [0.1, 0.15) is 6.26 Å². The summed E-state index contributed by atoms with van der Waals surface area (Å²) in [6, 6.07) is 4.35. The third-order valence-corrected chi connectivity index (χ3v) is 25.6. The van der Waals surface area contributed by atoms with E-state index in [-0.39, 0.29) is 0 Å². The molecule has 8 fully saturated rings. The summed E-state index contributed by atoms with van der Waals surface area (Å²) >= 11 is 1.80. The van der Waals surface area contributed by atoms with Gasteiger partial charge in [-0.15, -0.1) is 11.3 Å². The highest BCUT2D eigenvalue weighted by molar-refractivity contribution is 7.09. The zero-order chi connectivity index (χ0) is 78.6. The van der Waals surface area contributed by atoms with Gasteiger partial charge < -0.3 is 43.6 Å². The quantitative estimate of drug-likeness (QED) is 0.113. The topological polar surface area (TPSA) is 172 Å². The fourth-order valence-corrected chi connectivity index (χ4v) is 18.4. The molecule has 0 bridgehead atoms. The third kappa shape index (κ3) is 26.7. The summed E-state index contributed by atoms with van der Waals surface area (Å²) in [5, 5.41) is 30.0. The molecule has 23 nitrogen and oxygen atoms in total. The van der Waals surface area contributed by atoms with Crippen molar-refractivity contribution in [2.24, 2.45) is 28.2 Å². The molecule has 0 radical (unpaired) electrons. The molecule has 0 spiro atoms. The smallest absolute Gasteiger partial charge is 0.197 e. The van der Waals surface area contributed by atoms with Gasteiger partial charge in [-0.3, -0.25) is 28.1 Å². The fourth-order valence-electron chi connectivity index (χ4n) is 17.6. The Hall–Kier alpha value is -6.22. The van der Waals surface area contributed by atoms with Crippen LogP contribution < -0.4 is 0 Å². The van der Waals surface area contributed by atoms with Crippen molar-refractivity contribution in [3.63, 3.8) is 0 Å². The van der Waals surface area contributed by atoms with Gasteiger partial charge in [0.25, 0.3) is 0 Å². The average Bonchev–Trinajstić information content (AvgIpc) is 1.70. The predicted molar refractivity (Wildman–Crippen MR) is 451 cm³/mol. The molecule has 0 N–H and O–H groups in total. The first kappa shape index (κ1) is 87.7. The van der Waals surface area contributed by atoms with Crippen LogP contribution in [-0.4, -0.2) is 269 Å². The second kappa shape index (κ2) is 45.0. The third-order valence-electron chi connectivity index (χ3n) is 24.7. The van der Waals surface area contributed by atoms with Gasteiger partial charge in [-0.2, -0.15) is 30.6 Å². The molecule has 0 aromatic carbocycles. The zero-order valence-corrected chi connectivity index (χ0v) is 72.5. The van der Waals surface area contributed by atoms with Crippen LogP contribution in [0.5, 0.6) is 0 Å². The van der Waals surface area contributed by atoms with Crippen LogP contribution in [-0.2, 0) is 47.7 Å². The highest BCUT2D eigenvalue weighted by Crippen LogP contribution is 2.35. The highest BCUT2D eigenvalue weighted by atomic mass is 32.1. The number of oxazole rings is 1. The lowest BCUT2D eigenvalue weighted by molar-refractivity contribution is 0.237. The molecule has 0 atom stereocenters. The van der Waals surface area contributed by atoms with Crippen molar-refractivity contribution >= 4 is 11.3 Å². The molecule has 16 rings (SSSR count). The number of nitrogens with zero attached hydrogens (tertiary/aromatic N) is 22. The Bertz CT molecular complexity index is 3600. The standard InChI is InChI=1S/3C12H21N3.2C11H19N3.C10H17N3.C9H14N2O.C9H14N2S/c1-4-10-9-13-15(3)12(10)11-5-7-14(2)8-6-11;1-4-15-12(10(2)9-13-15)11-5-7-14(3)8-6-11;1-3-8-15-12(4-7-13-15)11-5-9-14(2)10-6-11;1-9-8-14(3)12-11(9)10-4-6-13(2)7-5-10;1-9-8-12-14(3)11(9)10-4-6-13(2)7-5-10;1-12-6-3-9(4-7-12)10-5-8-13(2)11-10;2*1-11-5-2-8(3-6-11)9-10-4-7-12-9/h2*9,11H,4-8H2,1-3H3;4,7,11H,3,5-6,8-10H2,1-2H3;2*8,10H,4-7H2,1-3H3;5,8-9H,3-4,6-7H2,1-2H3;2*4,7-8H,2-3,5-6H2,1H3. The first-order chi connectivity index (χ1) is 53.1. The molecule has 0 amide bonds. The largest absolute Gasteiger partial charge is 0.449 e. The lowest BCUT2D eigenvalue weighted by Crippen LogP contribution is -2.30. The molecular formula is C86H146N22OS. The van der Waals surface area contributed by atoms with Crippen molar-refractivity contribution in [3.8, 4) is 0 Å². The molecule has 8 aliphatic heterocycles.